The van der Waals surface area contributed by atoms with Gasteiger partial charge in [-0.2, -0.15) is 0 Å². The number of hydrogen-bond donors (Lipinski definition) is 4. The fraction of sp³-hybridized carbons (Fsp3) is 0.292. The van der Waals surface area contributed by atoms with Crippen molar-refractivity contribution in [2.24, 2.45) is 5.73 Å². The van der Waals surface area contributed by atoms with Gasteiger partial charge in [0.2, 0.25) is 5.91 Å². The van der Waals surface area contributed by atoms with Crippen LogP contribution >= 0.6 is 0 Å². The molecule has 3 rings (SSSR count). The zero-order chi connectivity index (χ0) is 24.3. The molecule has 2 aromatic carbocycles. The summed E-state index contributed by atoms with van der Waals surface area (Å²) in [7, 11) is 0. The average Bonchev–Trinajstić information content (AvgIpc) is 2.83. The number of fused-ring (bicyclic) bond motifs is 1. The number of ether oxygens (including phenoxy) is 1. The standard InChI is InChI=1S/C24H27F2N5O3/c25-20-9-3-7-18(23(20)26)12-28-14-22(32)30-19(8-4-10-27)15-34-24(33)31-21-11-16-5-1-2-6-17(16)13-29-21/h1-3,5-7,9,11,13,19,28H,4,8,10,12,14-15,27H2,(H,30,32)(H,29,31,33)/t19-/m0/s1. The fourth-order valence-electron chi connectivity index (χ4n) is 3.30. The van der Waals surface area contributed by atoms with Gasteiger partial charge in [0.25, 0.3) is 0 Å². The Morgan fingerprint density at radius 1 is 1.09 bits per heavy atom. The predicted octanol–water partition coefficient (Wildman–Crippen LogP) is 3.08. The lowest BCUT2D eigenvalue weighted by atomic mass is 10.1. The number of nitrogens with two attached hydrogens (primary N) is 1. The highest BCUT2D eigenvalue weighted by atomic mass is 19.2. The second kappa shape index (κ2) is 12.6. The molecule has 0 saturated heterocycles. The van der Waals surface area contributed by atoms with Crippen molar-refractivity contribution in [1.82, 2.24) is 15.6 Å². The summed E-state index contributed by atoms with van der Waals surface area (Å²) >= 11 is 0. The molecule has 0 aliphatic carbocycles. The van der Waals surface area contributed by atoms with Gasteiger partial charge in [-0.25, -0.2) is 18.6 Å². The van der Waals surface area contributed by atoms with Crippen LogP contribution in [-0.4, -0.2) is 42.7 Å². The molecule has 0 bridgehead atoms. The summed E-state index contributed by atoms with van der Waals surface area (Å²) in [6.07, 6.45) is 2.07. The number of carbonyl (C=O) groups excluding carboxylic acids is 2. The van der Waals surface area contributed by atoms with E-state index in [1.54, 1.807) is 12.3 Å². The number of amides is 2. The molecule has 1 atom stereocenters. The molecule has 0 unspecified atom stereocenters. The fourth-order valence-corrected chi connectivity index (χ4v) is 3.30. The molecule has 8 nitrogen and oxygen atoms in total. The number of halogens is 2. The van der Waals surface area contributed by atoms with Crippen LogP contribution in [0.5, 0.6) is 0 Å². The topological polar surface area (TPSA) is 118 Å². The van der Waals surface area contributed by atoms with Gasteiger partial charge in [0.05, 0.1) is 12.6 Å². The summed E-state index contributed by atoms with van der Waals surface area (Å²) in [6, 6.07) is 12.7. The third-order valence-electron chi connectivity index (χ3n) is 5.03. The first kappa shape index (κ1) is 25.0. The number of benzene rings is 2. The molecule has 1 aromatic heterocycles. The first-order valence-corrected chi connectivity index (χ1v) is 10.9. The predicted molar refractivity (Wildman–Crippen MR) is 125 cm³/mol. The number of nitrogens with one attached hydrogen (secondary N) is 3. The van der Waals surface area contributed by atoms with Crippen molar-refractivity contribution < 1.29 is 23.1 Å². The zero-order valence-electron chi connectivity index (χ0n) is 18.5. The molecule has 10 heteroatoms. The number of nitrogens with zero attached hydrogens (tertiary/aromatic N) is 1. The summed E-state index contributed by atoms with van der Waals surface area (Å²) in [5.74, 6) is -1.92. The minimum Gasteiger partial charge on any atom is -0.447 e. The van der Waals surface area contributed by atoms with Crippen LogP contribution in [0.25, 0.3) is 10.8 Å². The molecular formula is C24H27F2N5O3. The summed E-state index contributed by atoms with van der Waals surface area (Å²) in [5.41, 5.74) is 5.68. The molecular weight excluding hydrogens is 444 g/mol. The Balaban J connectivity index is 1.46. The third kappa shape index (κ3) is 7.46. The van der Waals surface area contributed by atoms with Gasteiger partial charge >= 0.3 is 6.09 Å². The summed E-state index contributed by atoms with van der Waals surface area (Å²) in [4.78, 5) is 28.7. The van der Waals surface area contributed by atoms with Crippen molar-refractivity contribution in [3.05, 3.63) is 71.9 Å². The maximum absolute atomic E-state index is 13.7. The monoisotopic (exact) mass is 471 g/mol. The molecule has 180 valence electrons. The number of rotatable bonds is 11. The van der Waals surface area contributed by atoms with E-state index < -0.39 is 23.8 Å². The van der Waals surface area contributed by atoms with Crippen molar-refractivity contribution in [3.63, 3.8) is 0 Å². The van der Waals surface area contributed by atoms with Crippen LogP contribution in [0, 0.1) is 11.6 Å². The number of aromatic nitrogens is 1. The normalized spacial score (nSPS) is 11.7. The Bertz CT molecular complexity index is 1130. The quantitative estimate of drug-likeness (QED) is 0.341. The van der Waals surface area contributed by atoms with Gasteiger partial charge in [-0.05, 0) is 36.9 Å². The molecule has 1 heterocycles. The second-order valence-electron chi connectivity index (χ2n) is 7.65. The first-order chi connectivity index (χ1) is 16.5. The average molecular weight is 472 g/mol. The zero-order valence-corrected chi connectivity index (χ0v) is 18.5. The molecule has 3 aromatic rings. The van der Waals surface area contributed by atoms with E-state index in [2.05, 4.69) is 20.9 Å². The minimum absolute atomic E-state index is 0.0118. The molecule has 34 heavy (non-hydrogen) atoms. The lowest BCUT2D eigenvalue weighted by molar-refractivity contribution is -0.121. The van der Waals surface area contributed by atoms with Gasteiger partial charge in [-0.3, -0.25) is 10.1 Å². The largest absolute Gasteiger partial charge is 0.447 e. The Morgan fingerprint density at radius 2 is 1.88 bits per heavy atom. The summed E-state index contributed by atoms with van der Waals surface area (Å²) in [6.45, 7) is 0.213. The first-order valence-electron chi connectivity index (χ1n) is 10.9. The van der Waals surface area contributed by atoms with E-state index in [-0.39, 0.29) is 31.2 Å². The van der Waals surface area contributed by atoms with Crippen LogP contribution in [0.1, 0.15) is 18.4 Å². The van der Waals surface area contributed by atoms with Crippen molar-refractivity contribution >= 4 is 28.6 Å². The highest BCUT2D eigenvalue weighted by molar-refractivity contribution is 5.89. The van der Waals surface area contributed by atoms with Crippen molar-refractivity contribution in [2.75, 3.05) is 25.0 Å². The van der Waals surface area contributed by atoms with E-state index in [1.807, 2.05) is 24.3 Å². The van der Waals surface area contributed by atoms with E-state index in [9.17, 15) is 18.4 Å². The van der Waals surface area contributed by atoms with Crippen molar-refractivity contribution in [2.45, 2.75) is 25.4 Å². The number of hydrogen-bond acceptors (Lipinski definition) is 6. The molecule has 0 fully saturated rings. The molecule has 0 aliphatic heterocycles. The molecule has 0 radical (unpaired) electrons. The van der Waals surface area contributed by atoms with Gasteiger partial charge in [-0.15, -0.1) is 0 Å². The van der Waals surface area contributed by atoms with E-state index >= 15 is 0 Å². The van der Waals surface area contributed by atoms with Gasteiger partial charge in [-0.1, -0.05) is 36.4 Å². The third-order valence-corrected chi connectivity index (χ3v) is 5.03. The van der Waals surface area contributed by atoms with E-state index in [1.165, 1.54) is 12.1 Å². The number of pyridine rings is 1. The highest BCUT2D eigenvalue weighted by Gasteiger charge is 2.16. The maximum atomic E-state index is 13.7. The van der Waals surface area contributed by atoms with Crippen LogP contribution in [-0.2, 0) is 16.1 Å². The lowest BCUT2D eigenvalue weighted by Gasteiger charge is -2.19. The number of anilines is 1. The van der Waals surface area contributed by atoms with E-state index in [0.29, 0.717) is 25.2 Å². The Kier molecular flexibility index (Phi) is 9.24. The number of carbonyl (C=O) groups is 2. The Labute approximate surface area is 195 Å². The van der Waals surface area contributed by atoms with Gasteiger partial charge in [0.1, 0.15) is 12.4 Å². The minimum atomic E-state index is -0.948. The van der Waals surface area contributed by atoms with Crippen LogP contribution in [0.15, 0.2) is 54.7 Å². The van der Waals surface area contributed by atoms with Gasteiger partial charge in [0.15, 0.2) is 11.6 Å². The molecule has 5 N–H and O–H groups in total. The summed E-state index contributed by atoms with van der Waals surface area (Å²) in [5, 5.41) is 9.97. The van der Waals surface area contributed by atoms with Crippen LogP contribution < -0.4 is 21.7 Å². The van der Waals surface area contributed by atoms with Crippen molar-refractivity contribution in [3.8, 4) is 0 Å². The Morgan fingerprint density at radius 3 is 2.68 bits per heavy atom. The lowest BCUT2D eigenvalue weighted by Crippen LogP contribution is -2.43. The Hall–Kier alpha value is -3.63. The SMILES string of the molecule is NCCC[C@@H](COC(=O)Nc1cc2ccccc2cn1)NC(=O)CNCc1cccc(F)c1F. The smallest absolute Gasteiger partial charge is 0.412 e. The molecule has 0 aliphatic rings. The van der Waals surface area contributed by atoms with Crippen LogP contribution in [0.4, 0.5) is 19.4 Å². The van der Waals surface area contributed by atoms with Crippen molar-refractivity contribution in [1.29, 1.82) is 0 Å². The molecule has 0 spiro atoms. The molecule has 2 amide bonds. The van der Waals surface area contributed by atoms with Gasteiger partial charge in [0, 0.05) is 23.7 Å². The van der Waals surface area contributed by atoms with Crippen LogP contribution in [0.2, 0.25) is 0 Å². The second-order valence-corrected chi connectivity index (χ2v) is 7.65. The highest BCUT2D eigenvalue weighted by Crippen LogP contribution is 2.16. The van der Waals surface area contributed by atoms with E-state index in [0.717, 1.165) is 16.8 Å². The van der Waals surface area contributed by atoms with E-state index in [4.69, 9.17) is 10.5 Å². The molecule has 0 saturated carbocycles. The van der Waals surface area contributed by atoms with Crippen LogP contribution in [0.3, 0.4) is 0 Å². The van der Waals surface area contributed by atoms with Gasteiger partial charge < -0.3 is 21.1 Å². The summed E-state index contributed by atoms with van der Waals surface area (Å²) < 4.78 is 32.2. The maximum Gasteiger partial charge on any atom is 0.412 e.